The molecule has 11 heteroatoms. The molecule has 1 amide bonds. The Labute approximate surface area is 214 Å². The second-order valence-corrected chi connectivity index (χ2v) is 11.1. The highest BCUT2D eigenvalue weighted by molar-refractivity contribution is 6.06. The summed E-state index contributed by atoms with van der Waals surface area (Å²) in [4.78, 5) is 28.5. The van der Waals surface area contributed by atoms with Crippen LogP contribution in [0.25, 0.3) is 11.2 Å². The van der Waals surface area contributed by atoms with E-state index in [0.29, 0.717) is 28.0 Å². The highest BCUT2D eigenvalue weighted by atomic mass is 16.8. The van der Waals surface area contributed by atoms with Crippen molar-refractivity contribution >= 4 is 22.9 Å². The zero-order valence-electron chi connectivity index (χ0n) is 21.0. The van der Waals surface area contributed by atoms with Crippen molar-refractivity contribution in [1.29, 1.82) is 0 Å². The zero-order valence-corrected chi connectivity index (χ0v) is 21.0. The van der Waals surface area contributed by atoms with E-state index in [-0.39, 0.29) is 24.2 Å². The number of anilines is 1. The first-order valence-electron chi connectivity index (χ1n) is 12.9. The van der Waals surface area contributed by atoms with Crippen LogP contribution >= 0.6 is 0 Å². The van der Waals surface area contributed by atoms with E-state index in [9.17, 15) is 4.79 Å². The average Bonchev–Trinajstić information content (AvgIpc) is 3.63. The van der Waals surface area contributed by atoms with Crippen LogP contribution in [0.3, 0.4) is 0 Å². The van der Waals surface area contributed by atoms with E-state index < -0.39 is 12.0 Å². The Hall–Kier alpha value is -2.96. The fraction of sp³-hybridized carbons (Fsp3) is 0.538. The number of imidazole rings is 1. The van der Waals surface area contributed by atoms with Gasteiger partial charge >= 0.3 is 0 Å². The number of benzene rings is 1. The van der Waals surface area contributed by atoms with Crippen molar-refractivity contribution in [3.63, 3.8) is 0 Å². The third-order valence-electron chi connectivity index (χ3n) is 7.91. The summed E-state index contributed by atoms with van der Waals surface area (Å²) < 4.78 is 21.1. The van der Waals surface area contributed by atoms with Gasteiger partial charge in [0.2, 0.25) is 0 Å². The molecule has 0 bridgehead atoms. The summed E-state index contributed by atoms with van der Waals surface area (Å²) in [6, 6.07) is 9.01. The van der Waals surface area contributed by atoms with Crippen LogP contribution < -0.4 is 10.6 Å². The first-order valence-corrected chi connectivity index (χ1v) is 12.9. The number of likely N-dealkylation sites (tertiary alicyclic amines) is 1. The highest BCUT2D eigenvalue weighted by Gasteiger charge is 2.57. The Bertz CT molecular complexity index is 1310. The second kappa shape index (κ2) is 8.53. The minimum atomic E-state index is -0.707. The minimum absolute atomic E-state index is 0.139. The molecule has 0 unspecified atom stereocenters. The first kappa shape index (κ1) is 23.2. The van der Waals surface area contributed by atoms with Crippen LogP contribution in [-0.4, -0.2) is 87.1 Å². The first-order chi connectivity index (χ1) is 17.9. The Morgan fingerprint density at radius 1 is 1.14 bits per heavy atom. The van der Waals surface area contributed by atoms with Crippen molar-refractivity contribution in [2.75, 3.05) is 38.0 Å². The molecule has 37 heavy (non-hydrogen) atoms. The van der Waals surface area contributed by atoms with Crippen molar-refractivity contribution in [3.05, 3.63) is 48.5 Å². The van der Waals surface area contributed by atoms with Gasteiger partial charge in [-0.25, -0.2) is 15.0 Å². The van der Waals surface area contributed by atoms with Gasteiger partial charge in [-0.3, -0.25) is 14.3 Å². The molecular weight excluding hydrogens is 474 g/mol. The molecule has 6 heterocycles. The average molecular weight is 506 g/mol. The highest BCUT2D eigenvalue weighted by Crippen LogP contribution is 2.45. The molecule has 4 saturated heterocycles. The molecule has 4 atom stereocenters. The molecule has 0 saturated carbocycles. The molecule has 0 radical (unpaired) electrons. The number of fused-ring (bicyclic) bond motifs is 2. The van der Waals surface area contributed by atoms with Crippen LogP contribution in [0.1, 0.15) is 36.9 Å². The normalized spacial score (nSPS) is 30.0. The zero-order chi connectivity index (χ0) is 25.2. The van der Waals surface area contributed by atoms with Crippen LogP contribution in [0.2, 0.25) is 0 Å². The molecule has 4 fully saturated rings. The number of amides is 1. The Morgan fingerprint density at radius 2 is 1.95 bits per heavy atom. The largest absolute Gasteiger partial charge is 0.348 e. The molecule has 194 valence electrons. The van der Waals surface area contributed by atoms with Crippen molar-refractivity contribution in [1.82, 2.24) is 29.7 Å². The van der Waals surface area contributed by atoms with Gasteiger partial charge in [0.1, 0.15) is 24.6 Å². The van der Waals surface area contributed by atoms with E-state index in [2.05, 4.69) is 30.5 Å². The molecule has 4 aliphatic rings. The Kier molecular flexibility index (Phi) is 5.35. The Morgan fingerprint density at radius 3 is 2.73 bits per heavy atom. The SMILES string of the molecule is CC1(C)O[C@@H]2[C@H](O1)[C@@H](CN1CC3(CCNC3)C1)O[C@H]2n1cnc2c(NC(=O)c3ccccc3)ncnc21. The van der Waals surface area contributed by atoms with Gasteiger partial charge < -0.3 is 24.8 Å². The molecule has 3 aromatic rings. The van der Waals surface area contributed by atoms with E-state index in [1.807, 2.05) is 36.6 Å². The number of ether oxygens (including phenoxy) is 3. The van der Waals surface area contributed by atoms with Gasteiger partial charge in [0.25, 0.3) is 5.91 Å². The van der Waals surface area contributed by atoms with Crippen molar-refractivity contribution < 1.29 is 19.0 Å². The van der Waals surface area contributed by atoms with E-state index in [1.165, 1.54) is 12.7 Å². The lowest BCUT2D eigenvalue weighted by molar-refractivity contribution is -0.200. The van der Waals surface area contributed by atoms with E-state index >= 15 is 0 Å². The summed E-state index contributed by atoms with van der Waals surface area (Å²) in [5.41, 5.74) is 2.02. The van der Waals surface area contributed by atoms with Crippen LogP contribution in [0.5, 0.6) is 0 Å². The van der Waals surface area contributed by atoms with Crippen molar-refractivity contribution in [2.24, 2.45) is 5.41 Å². The molecule has 1 aromatic carbocycles. The number of nitrogens with one attached hydrogen (secondary N) is 2. The number of carbonyl (C=O) groups excluding carboxylic acids is 1. The molecule has 1 spiro atoms. The summed E-state index contributed by atoms with van der Waals surface area (Å²) in [7, 11) is 0. The topological polar surface area (TPSA) is 116 Å². The predicted octanol–water partition coefficient (Wildman–Crippen LogP) is 1.79. The van der Waals surface area contributed by atoms with E-state index in [4.69, 9.17) is 14.2 Å². The monoisotopic (exact) mass is 505 g/mol. The van der Waals surface area contributed by atoms with Gasteiger partial charge in [-0.05, 0) is 38.9 Å². The molecule has 7 rings (SSSR count). The quantitative estimate of drug-likeness (QED) is 0.535. The maximum Gasteiger partial charge on any atom is 0.256 e. The van der Waals surface area contributed by atoms with Crippen LogP contribution in [-0.2, 0) is 14.2 Å². The molecule has 2 aromatic heterocycles. The number of rotatable bonds is 5. The molecule has 11 nitrogen and oxygen atoms in total. The van der Waals surface area contributed by atoms with E-state index in [1.54, 1.807) is 18.5 Å². The van der Waals surface area contributed by atoms with Crippen molar-refractivity contribution in [3.8, 4) is 0 Å². The molecular formula is C26H31N7O4. The van der Waals surface area contributed by atoms with Gasteiger partial charge in [0, 0.05) is 37.2 Å². The summed E-state index contributed by atoms with van der Waals surface area (Å²) in [6.45, 7) is 9.03. The summed E-state index contributed by atoms with van der Waals surface area (Å²) in [6.07, 6.45) is 3.24. The fourth-order valence-electron chi connectivity index (χ4n) is 6.28. The lowest BCUT2D eigenvalue weighted by Crippen LogP contribution is -2.59. The number of carbonyl (C=O) groups is 1. The molecule has 4 aliphatic heterocycles. The number of nitrogens with zero attached hydrogens (tertiary/aromatic N) is 5. The van der Waals surface area contributed by atoms with Crippen LogP contribution in [0.4, 0.5) is 5.82 Å². The van der Waals surface area contributed by atoms with Crippen LogP contribution in [0, 0.1) is 5.41 Å². The number of hydrogen-bond acceptors (Lipinski definition) is 9. The third-order valence-corrected chi connectivity index (χ3v) is 7.91. The molecule has 0 aliphatic carbocycles. The van der Waals surface area contributed by atoms with Crippen LogP contribution in [0.15, 0.2) is 43.0 Å². The molecule has 2 N–H and O–H groups in total. The summed E-state index contributed by atoms with van der Waals surface area (Å²) >= 11 is 0. The Balaban J connectivity index is 1.14. The standard InChI is InChI=1S/C26H31N7O4/c1-25(2)36-19-17(10-32-12-26(13-32)8-9-27-11-26)35-24(20(19)37-25)33-15-30-18-21(28-14-29-22(18)33)31-23(34)16-6-4-3-5-7-16/h3-7,14-15,17,19-20,24,27H,8-13H2,1-2H3,(H,28,29,31,34)/t17-,19-,20-,24-/m1/s1. The smallest absolute Gasteiger partial charge is 0.256 e. The summed E-state index contributed by atoms with van der Waals surface area (Å²) in [5, 5.41) is 6.36. The van der Waals surface area contributed by atoms with Gasteiger partial charge in [0.15, 0.2) is 29.0 Å². The van der Waals surface area contributed by atoms with Gasteiger partial charge in [-0.2, -0.15) is 0 Å². The van der Waals surface area contributed by atoms with Gasteiger partial charge in [-0.1, -0.05) is 18.2 Å². The van der Waals surface area contributed by atoms with Gasteiger partial charge in [0.05, 0.1) is 6.33 Å². The minimum Gasteiger partial charge on any atom is -0.348 e. The lowest BCUT2D eigenvalue weighted by Gasteiger charge is -2.48. The number of aromatic nitrogens is 4. The second-order valence-electron chi connectivity index (χ2n) is 11.1. The predicted molar refractivity (Wildman–Crippen MR) is 134 cm³/mol. The fourth-order valence-corrected chi connectivity index (χ4v) is 6.28. The number of hydrogen-bond donors (Lipinski definition) is 2. The third kappa shape index (κ3) is 4.02. The maximum atomic E-state index is 12.7. The summed E-state index contributed by atoms with van der Waals surface area (Å²) in [5.74, 6) is -0.614. The van der Waals surface area contributed by atoms with Crippen molar-refractivity contribution in [2.45, 2.75) is 50.6 Å². The van der Waals surface area contributed by atoms with Gasteiger partial charge in [-0.15, -0.1) is 0 Å². The maximum absolute atomic E-state index is 12.7. The lowest BCUT2D eigenvalue weighted by atomic mass is 9.79. The van der Waals surface area contributed by atoms with E-state index in [0.717, 1.165) is 32.7 Å².